The second kappa shape index (κ2) is 12.6. The van der Waals surface area contributed by atoms with Gasteiger partial charge in [0.2, 0.25) is 5.91 Å². The molecule has 1 saturated heterocycles. The van der Waals surface area contributed by atoms with Crippen molar-refractivity contribution in [2.75, 3.05) is 43.7 Å². The van der Waals surface area contributed by atoms with Crippen molar-refractivity contribution >= 4 is 34.7 Å². The van der Waals surface area contributed by atoms with Crippen molar-refractivity contribution in [1.82, 2.24) is 24.8 Å². The number of aromatic nitrogens is 4. The molecule has 34 heavy (non-hydrogen) atoms. The van der Waals surface area contributed by atoms with Gasteiger partial charge in [-0.25, -0.2) is 15.0 Å². The number of aliphatic hydroxyl groups excluding tert-OH is 3. The molecule has 5 atom stereocenters. The summed E-state index contributed by atoms with van der Waals surface area (Å²) in [4.78, 5) is 27.4. The zero-order chi connectivity index (χ0) is 24.7. The first-order chi connectivity index (χ1) is 16.4. The first-order valence-electron chi connectivity index (χ1n) is 11.4. The van der Waals surface area contributed by atoms with Gasteiger partial charge in [-0.1, -0.05) is 12.8 Å². The van der Waals surface area contributed by atoms with Crippen molar-refractivity contribution in [1.29, 1.82) is 0 Å². The van der Waals surface area contributed by atoms with E-state index < -0.39 is 36.4 Å². The molecule has 0 bridgehead atoms. The summed E-state index contributed by atoms with van der Waals surface area (Å²) in [6, 6.07) is -1.60. The monoisotopic (exact) mass is 497 g/mol. The van der Waals surface area contributed by atoms with Gasteiger partial charge >= 0.3 is 0 Å². The molecular formula is C21H35N7O5S. The lowest BCUT2D eigenvalue weighted by Gasteiger charge is -2.22. The van der Waals surface area contributed by atoms with E-state index in [4.69, 9.17) is 15.6 Å². The number of rotatable bonds is 13. The van der Waals surface area contributed by atoms with Crippen LogP contribution in [-0.2, 0) is 9.53 Å². The van der Waals surface area contributed by atoms with Gasteiger partial charge in [0.05, 0.1) is 25.0 Å². The molecule has 190 valence electrons. The molecule has 0 saturated carbocycles. The molecule has 1 amide bonds. The highest BCUT2D eigenvalue weighted by molar-refractivity contribution is 7.99. The zero-order valence-corrected chi connectivity index (χ0v) is 20.4. The number of nitrogens with two attached hydrogens (primary N) is 1. The van der Waals surface area contributed by atoms with Crippen molar-refractivity contribution in [3.63, 3.8) is 0 Å². The van der Waals surface area contributed by atoms with Gasteiger partial charge in [0.1, 0.15) is 18.5 Å². The third-order valence-corrected chi connectivity index (χ3v) is 6.90. The Balaban J connectivity index is 1.60. The minimum atomic E-state index is -1.15. The molecule has 6 N–H and O–H groups in total. The van der Waals surface area contributed by atoms with Crippen molar-refractivity contribution in [3.05, 3.63) is 12.7 Å². The molecule has 0 aromatic carbocycles. The highest BCUT2D eigenvalue weighted by Crippen LogP contribution is 2.32. The minimum absolute atomic E-state index is 0.215. The van der Waals surface area contributed by atoms with Crippen LogP contribution in [0.4, 0.5) is 5.82 Å². The van der Waals surface area contributed by atoms with Gasteiger partial charge in [-0.15, -0.1) is 0 Å². The van der Waals surface area contributed by atoms with Crippen LogP contribution < -0.4 is 16.0 Å². The Bertz CT molecular complexity index is 930. The standard InChI is InChI=1S/C21H35N7O5S/c1-27(2)18-16-19(24-11-23-18)28(12-25-16)21-17(31)15(14(9-30)33-21)26-20(32)13(22)10-34-8-6-4-3-5-7-29/h11-15,17,21,29-31H,3-10,22H2,1-2H3,(H,26,32)/t13-,14+,15+,17+,21+/m0/s1. The number of unbranched alkanes of at least 4 members (excludes halogenated alkanes) is 3. The van der Waals surface area contributed by atoms with E-state index in [9.17, 15) is 15.0 Å². The number of fused-ring (bicyclic) bond motifs is 1. The first kappa shape index (κ1) is 26.6. The number of carbonyl (C=O) groups excluding carboxylic acids is 1. The van der Waals surface area contributed by atoms with Crippen LogP contribution in [0.3, 0.4) is 0 Å². The maximum atomic E-state index is 12.7. The summed E-state index contributed by atoms with van der Waals surface area (Å²) in [5.41, 5.74) is 7.07. The number of imidazole rings is 1. The zero-order valence-electron chi connectivity index (χ0n) is 19.6. The highest BCUT2D eigenvalue weighted by atomic mass is 32.2. The fourth-order valence-electron chi connectivity index (χ4n) is 3.89. The summed E-state index contributed by atoms with van der Waals surface area (Å²) in [7, 11) is 3.68. The largest absolute Gasteiger partial charge is 0.396 e. The molecular weight excluding hydrogens is 462 g/mol. The van der Waals surface area contributed by atoms with Crippen LogP contribution in [0.5, 0.6) is 0 Å². The SMILES string of the molecule is CN(C)c1ncnc2c1ncn2[C@@H]1O[C@H](CO)[C@@H](NC(=O)[C@@H](N)CSCCCCCCO)[C@H]1O. The number of nitrogens with one attached hydrogen (secondary N) is 1. The number of ether oxygens (including phenoxy) is 1. The summed E-state index contributed by atoms with van der Waals surface area (Å²) in [5.74, 6) is 1.54. The number of hydrogen-bond donors (Lipinski definition) is 5. The van der Waals surface area contributed by atoms with Crippen LogP contribution in [-0.4, -0.2) is 104 Å². The van der Waals surface area contributed by atoms with Crippen LogP contribution in [0, 0.1) is 0 Å². The van der Waals surface area contributed by atoms with Crippen LogP contribution >= 0.6 is 11.8 Å². The van der Waals surface area contributed by atoms with E-state index >= 15 is 0 Å². The normalized spacial score (nSPS) is 23.4. The molecule has 1 fully saturated rings. The van der Waals surface area contributed by atoms with E-state index in [1.54, 1.807) is 21.2 Å². The number of thioether (sulfide) groups is 1. The Hall–Kier alpha value is -2.03. The lowest BCUT2D eigenvalue weighted by Crippen LogP contribution is -2.53. The molecule has 1 aliphatic rings. The molecule has 12 nitrogen and oxygen atoms in total. The quantitative estimate of drug-likeness (QED) is 0.220. The summed E-state index contributed by atoms with van der Waals surface area (Å²) in [5, 5.41) is 32.4. The van der Waals surface area contributed by atoms with Gasteiger partial charge in [-0.2, -0.15) is 11.8 Å². The molecule has 3 heterocycles. The number of nitrogens with zero attached hydrogens (tertiary/aromatic N) is 5. The molecule has 0 aliphatic carbocycles. The maximum Gasteiger partial charge on any atom is 0.238 e. The number of carbonyl (C=O) groups is 1. The fourth-order valence-corrected chi connectivity index (χ4v) is 4.87. The second-order valence-corrected chi connectivity index (χ2v) is 9.66. The Kier molecular flexibility index (Phi) is 9.85. The topological polar surface area (TPSA) is 172 Å². The average molecular weight is 498 g/mol. The molecule has 0 spiro atoms. The van der Waals surface area contributed by atoms with Gasteiger partial charge in [0.25, 0.3) is 0 Å². The molecule has 2 aromatic rings. The Morgan fingerprint density at radius 2 is 2.03 bits per heavy atom. The molecule has 2 aromatic heterocycles. The summed E-state index contributed by atoms with van der Waals surface area (Å²) >= 11 is 1.59. The lowest BCUT2D eigenvalue weighted by molar-refractivity contribution is -0.123. The molecule has 1 aliphatic heterocycles. The van der Waals surface area contributed by atoms with Crippen LogP contribution in [0.15, 0.2) is 12.7 Å². The van der Waals surface area contributed by atoms with E-state index in [1.807, 2.05) is 14.1 Å². The first-order valence-corrected chi connectivity index (χ1v) is 12.6. The second-order valence-electron chi connectivity index (χ2n) is 8.51. The van der Waals surface area contributed by atoms with E-state index in [-0.39, 0.29) is 13.2 Å². The van der Waals surface area contributed by atoms with Gasteiger partial charge in [-0.05, 0) is 18.6 Å². The smallest absolute Gasteiger partial charge is 0.238 e. The number of aliphatic hydroxyl groups is 3. The van der Waals surface area contributed by atoms with E-state index in [0.717, 1.165) is 31.4 Å². The summed E-state index contributed by atoms with van der Waals surface area (Å²) in [6.45, 7) is -0.173. The maximum absolute atomic E-state index is 12.7. The van der Waals surface area contributed by atoms with Crippen molar-refractivity contribution < 1.29 is 24.9 Å². The number of anilines is 1. The number of amides is 1. The van der Waals surface area contributed by atoms with Gasteiger partial charge in [0.15, 0.2) is 23.2 Å². The molecule has 0 radical (unpaired) electrons. The number of hydrogen-bond acceptors (Lipinski definition) is 11. The van der Waals surface area contributed by atoms with Crippen molar-refractivity contribution in [2.24, 2.45) is 5.73 Å². The molecule has 0 unspecified atom stereocenters. The molecule has 3 rings (SSSR count). The van der Waals surface area contributed by atoms with Crippen LogP contribution in [0.2, 0.25) is 0 Å². The third-order valence-electron chi connectivity index (χ3n) is 5.73. The fraction of sp³-hybridized carbons (Fsp3) is 0.714. The van der Waals surface area contributed by atoms with Crippen LogP contribution in [0.25, 0.3) is 11.2 Å². The minimum Gasteiger partial charge on any atom is -0.396 e. The average Bonchev–Trinajstić information content (AvgIpc) is 3.38. The predicted molar refractivity (Wildman–Crippen MR) is 129 cm³/mol. The van der Waals surface area contributed by atoms with Gasteiger partial charge in [-0.3, -0.25) is 9.36 Å². The lowest BCUT2D eigenvalue weighted by atomic mass is 10.1. The Labute approximate surface area is 202 Å². The van der Waals surface area contributed by atoms with Crippen molar-refractivity contribution in [3.8, 4) is 0 Å². The van der Waals surface area contributed by atoms with Gasteiger partial charge in [0, 0.05) is 26.5 Å². The van der Waals surface area contributed by atoms with Crippen LogP contribution in [0.1, 0.15) is 31.9 Å². The van der Waals surface area contributed by atoms with Gasteiger partial charge < -0.3 is 36.0 Å². The Morgan fingerprint density at radius 3 is 2.74 bits per heavy atom. The van der Waals surface area contributed by atoms with E-state index in [1.165, 1.54) is 12.7 Å². The summed E-state index contributed by atoms with van der Waals surface area (Å²) in [6.07, 6.45) is 3.87. The Morgan fingerprint density at radius 1 is 1.26 bits per heavy atom. The third kappa shape index (κ3) is 6.15. The van der Waals surface area contributed by atoms with E-state index in [2.05, 4.69) is 20.3 Å². The highest BCUT2D eigenvalue weighted by Gasteiger charge is 2.46. The summed E-state index contributed by atoms with van der Waals surface area (Å²) < 4.78 is 7.46. The van der Waals surface area contributed by atoms with E-state index in [0.29, 0.717) is 22.7 Å². The predicted octanol–water partition coefficient (Wildman–Crippen LogP) is -0.759. The molecule has 13 heteroatoms. The van der Waals surface area contributed by atoms with Crippen molar-refractivity contribution in [2.45, 2.75) is 56.2 Å².